The molecule has 1 saturated carbocycles. The van der Waals surface area contributed by atoms with Crippen molar-refractivity contribution in [2.75, 3.05) is 11.9 Å². The molecule has 1 aromatic rings. The number of anilines is 1. The molecule has 8 heteroatoms. The fourth-order valence-electron chi connectivity index (χ4n) is 2.06. The van der Waals surface area contributed by atoms with Gasteiger partial charge in [-0.1, -0.05) is 0 Å². The van der Waals surface area contributed by atoms with Crippen LogP contribution in [0.5, 0.6) is 0 Å². The summed E-state index contributed by atoms with van der Waals surface area (Å²) in [6.45, 7) is 0.164. The van der Waals surface area contributed by atoms with E-state index in [0.717, 1.165) is 37.1 Å². The lowest BCUT2D eigenvalue weighted by Crippen LogP contribution is -2.37. The summed E-state index contributed by atoms with van der Waals surface area (Å²) in [5.74, 6) is -1.58. The summed E-state index contributed by atoms with van der Waals surface area (Å²) >= 11 is 0. The quantitative estimate of drug-likeness (QED) is 0.722. The highest BCUT2D eigenvalue weighted by Crippen LogP contribution is 2.33. The van der Waals surface area contributed by atoms with Gasteiger partial charge in [-0.2, -0.15) is 13.2 Å². The largest absolute Gasteiger partial charge is 0.416 e. The Balaban J connectivity index is 1.77. The van der Waals surface area contributed by atoms with Crippen molar-refractivity contribution in [1.29, 1.82) is 0 Å². The Labute approximate surface area is 130 Å². The maximum absolute atomic E-state index is 12.4. The second-order valence-electron chi connectivity index (χ2n) is 5.48. The fraction of sp³-hybridized carbons (Fsp3) is 0.467. The molecule has 0 spiro atoms. The SMILES string of the molecule is O=C(NCC[C@@H](O)C1CC1)C(=O)Nc1ccc(C(F)(F)F)cc1. The van der Waals surface area contributed by atoms with Crippen LogP contribution in [0.1, 0.15) is 24.8 Å². The van der Waals surface area contributed by atoms with E-state index in [2.05, 4.69) is 10.6 Å². The van der Waals surface area contributed by atoms with Gasteiger partial charge < -0.3 is 15.7 Å². The molecule has 5 nitrogen and oxygen atoms in total. The topological polar surface area (TPSA) is 78.4 Å². The highest BCUT2D eigenvalue weighted by Gasteiger charge is 2.30. The number of rotatable bonds is 5. The minimum atomic E-state index is -4.46. The predicted molar refractivity (Wildman–Crippen MR) is 76.4 cm³/mol. The van der Waals surface area contributed by atoms with Crippen LogP contribution in [0, 0.1) is 5.92 Å². The van der Waals surface area contributed by atoms with E-state index in [1.807, 2.05) is 0 Å². The molecule has 1 atom stereocenters. The minimum absolute atomic E-state index is 0.0937. The summed E-state index contributed by atoms with van der Waals surface area (Å²) in [4.78, 5) is 23.2. The zero-order chi connectivity index (χ0) is 17.0. The van der Waals surface area contributed by atoms with Gasteiger partial charge in [0.2, 0.25) is 0 Å². The first-order valence-electron chi connectivity index (χ1n) is 7.22. The number of carbonyl (C=O) groups excluding carboxylic acids is 2. The molecule has 0 unspecified atom stereocenters. The van der Waals surface area contributed by atoms with Crippen molar-refractivity contribution in [2.24, 2.45) is 5.92 Å². The number of carbonyl (C=O) groups is 2. The molecular formula is C15H17F3N2O3. The minimum Gasteiger partial charge on any atom is -0.393 e. The first kappa shape index (κ1) is 17.3. The molecule has 0 saturated heterocycles. The Morgan fingerprint density at radius 1 is 1.17 bits per heavy atom. The average Bonchev–Trinajstić information content (AvgIpc) is 3.31. The third-order valence-corrected chi connectivity index (χ3v) is 3.57. The smallest absolute Gasteiger partial charge is 0.393 e. The van der Waals surface area contributed by atoms with E-state index in [4.69, 9.17) is 0 Å². The molecule has 0 aliphatic heterocycles. The molecule has 0 radical (unpaired) electrons. The van der Waals surface area contributed by atoms with Crippen LogP contribution in [-0.4, -0.2) is 29.6 Å². The molecule has 2 rings (SSSR count). The lowest BCUT2D eigenvalue weighted by molar-refractivity contribution is -0.137. The highest BCUT2D eigenvalue weighted by atomic mass is 19.4. The summed E-state index contributed by atoms with van der Waals surface area (Å²) in [5.41, 5.74) is -0.745. The van der Waals surface area contributed by atoms with Gasteiger partial charge in [0.1, 0.15) is 0 Å². The van der Waals surface area contributed by atoms with E-state index in [1.54, 1.807) is 0 Å². The van der Waals surface area contributed by atoms with Gasteiger partial charge in [0.15, 0.2) is 0 Å². The molecule has 0 heterocycles. The molecule has 1 aliphatic carbocycles. The maximum Gasteiger partial charge on any atom is 0.416 e. The number of halogens is 3. The monoisotopic (exact) mass is 330 g/mol. The van der Waals surface area contributed by atoms with Crippen molar-refractivity contribution in [3.8, 4) is 0 Å². The number of aliphatic hydroxyl groups excluding tert-OH is 1. The number of amides is 2. The van der Waals surface area contributed by atoms with Crippen LogP contribution in [0.25, 0.3) is 0 Å². The number of nitrogens with one attached hydrogen (secondary N) is 2. The Hall–Kier alpha value is -2.09. The molecule has 1 fully saturated rings. The van der Waals surface area contributed by atoms with Gasteiger partial charge in [-0.3, -0.25) is 9.59 Å². The van der Waals surface area contributed by atoms with Crippen LogP contribution in [0.3, 0.4) is 0 Å². The van der Waals surface area contributed by atoms with Crippen molar-refractivity contribution < 1.29 is 27.9 Å². The third kappa shape index (κ3) is 5.24. The van der Waals surface area contributed by atoms with Crippen LogP contribution in [0.2, 0.25) is 0 Å². The Bertz CT molecular complexity index is 568. The van der Waals surface area contributed by atoms with Gasteiger partial charge in [-0.05, 0) is 49.4 Å². The molecule has 1 aliphatic rings. The summed E-state index contributed by atoms with van der Waals surface area (Å²) in [7, 11) is 0. The third-order valence-electron chi connectivity index (χ3n) is 3.57. The van der Waals surface area contributed by atoms with Gasteiger partial charge in [-0.25, -0.2) is 0 Å². The van der Waals surface area contributed by atoms with E-state index in [0.29, 0.717) is 6.42 Å². The number of aliphatic hydroxyl groups is 1. The number of benzene rings is 1. The van der Waals surface area contributed by atoms with Crippen LogP contribution < -0.4 is 10.6 Å². The molecule has 0 aromatic heterocycles. The van der Waals surface area contributed by atoms with E-state index in [-0.39, 0.29) is 18.2 Å². The first-order valence-corrected chi connectivity index (χ1v) is 7.22. The molecule has 126 valence electrons. The van der Waals surface area contributed by atoms with Crippen molar-refractivity contribution in [1.82, 2.24) is 5.32 Å². The maximum atomic E-state index is 12.4. The van der Waals surface area contributed by atoms with E-state index < -0.39 is 29.7 Å². The van der Waals surface area contributed by atoms with Crippen molar-refractivity contribution >= 4 is 17.5 Å². The lowest BCUT2D eigenvalue weighted by Gasteiger charge is -2.10. The summed E-state index contributed by atoms with van der Waals surface area (Å²) in [6, 6.07) is 3.79. The van der Waals surface area contributed by atoms with Crippen LogP contribution >= 0.6 is 0 Å². The van der Waals surface area contributed by atoms with Gasteiger partial charge in [-0.15, -0.1) is 0 Å². The zero-order valence-electron chi connectivity index (χ0n) is 12.2. The van der Waals surface area contributed by atoms with Crippen LogP contribution in [0.4, 0.5) is 18.9 Å². The number of alkyl halides is 3. The molecule has 1 aromatic carbocycles. The summed E-state index contributed by atoms with van der Waals surface area (Å²) in [5, 5.41) is 14.2. The Morgan fingerprint density at radius 3 is 2.30 bits per heavy atom. The lowest BCUT2D eigenvalue weighted by atomic mass is 10.1. The zero-order valence-corrected chi connectivity index (χ0v) is 12.2. The fourth-order valence-corrected chi connectivity index (χ4v) is 2.06. The summed E-state index contributed by atoms with van der Waals surface area (Å²) < 4.78 is 37.2. The van der Waals surface area contributed by atoms with Crippen molar-refractivity contribution in [3.05, 3.63) is 29.8 Å². The normalized spacial score (nSPS) is 15.8. The van der Waals surface area contributed by atoms with E-state index in [9.17, 15) is 27.9 Å². The number of hydrogen-bond donors (Lipinski definition) is 3. The second kappa shape index (κ2) is 6.99. The standard InChI is InChI=1S/C15H17F3N2O3/c16-15(17,18)10-3-5-11(6-4-10)20-14(23)13(22)19-8-7-12(21)9-1-2-9/h3-6,9,12,21H,1-2,7-8H2,(H,19,22)(H,20,23)/t12-/m1/s1. The van der Waals surface area contributed by atoms with Crippen LogP contribution in [0.15, 0.2) is 24.3 Å². The molecule has 23 heavy (non-hydrogen) atoms. The molecule has 0 bridgehead atoms. The molecular weight excluding hydrogens is 313 g/mol. The predicted octanol–water partition coefficient (Wildman–Crippen LogP) is 1.92. The van der Waals surface area contributed by atoms with Gasteiger partial charge >= 0.3 is 18.0 Å². The molecule has 3 N–H and O–H groups in total. The van der Waals surface area contributed by atoms with Gasteiger partial charge in [0, 0.05) is 12.2 Å². The number of hydrogen-bond acceptors (Lipinski definition) is 3. The highest BCUT2D eigenvalue weighted by molar-refractivity contribution is 6.39. The van der Waals surface area contributed by atoms with Crippen LogP contribution in [-0.2, 0) is 15.8 Å². The second-order valence-corrected chi connectivity index (χ2v) is 5.48. The summed E-state index contributed by atoms with van der Waals surface area (Å²) in [6.07, 6.45) is -2.62. The molecule has 2 amide bonds. The van der Waals surface area contributed by atoms with Gasteiger partial charge in [0.05, 0.1) is 11.7 Å². The van der Waals surface area contributed by atoms with Gasteiger partial charge in [0.25, 0.3) is 0 Å². The van der Waals surface area contributed by atoms with Crippen molar-refractivity contribution in [2.45, 2.75) is 31.5 Å². The van der Waals surface area contributed by atoms with E-state index in [1.165, 1.54) is 0 Å². The van der Waals surface area contributed by atoms with E-state index >= 15 is 0 Å². The van der Waals surface area contributed by atoms with Crippen molar-refractivity contribution in [3.63, 3.8) is 0 Å². The first-order chi connectivity index (χ1) is 10.8. The average molecular weight is 330 g/mol. The Kier molecular flexibility index (Phi) is 5.25. The Morgan fingerprint density at radius 2 is 1.78 bits per heavy atom.